The normalized spacial score (nSPS) is 41.0. The second-order valence-electron chi connectivity index (χ2n) is 10.5. The van der Waals surface area contributed by atoms with E-state index in [-0.39, 0.29) is 0 Å². The van der Waals surface area contributed by atoms with Crippen molar-refractivity contribution in [1.82, 2.24) is 0 Å². The number of hydrogen-bond donors (Lipinski definition) is 0. The molecule has 4 rings (SSSR count). The van der Waals surface area contributed by atoms with Crippen LogP contribution in [0.4, 0.5) is 0 Å². The van der Waals surface area contributed by atoms with Gasteiger partial charge in [0, 0.05) is 0 Å². The first-order chi connectivity index (χ1) is 11.7. The summed E-state index contributed by atoms with van der Waals surface area (Å²) in [4.78, 5) is 0. The van der Waals surface area contributed by atoms with Crippen LogP contribution in [0.25, 0.3) is 0 Å². The van der Waals surface area contributed by atoms with E-state index >= 15 is 0 Å². The summed E-state index contributed by atoms with van der Waals surface area (Å²) in [5, 5.41) is 0. The maximum absolute atomic E-state index is 2.35. The number of hydrogen-bond acceptors (Lipinski definition) is 0. The first kappa shape index (κ1) is 22.8. The molecule has 0 aromatic heterocycles. The van der Waals surface area contributed by atoms with Crippen molar-refractivity contribution >= 4 is 0 Å². The van der Waals surface area contributed by atoms with Crippen LogP contribution in [-0.2, 0) is 0 Å². The predicted octanol–water partition coefficient (Wildman–Crippen LogP) is 8.52. The van der Waals surface area contributed by atoms with Crippen molar-refractivity contribution in [3.05, 3.63) is 11.6 Å². The first-order valence-corrected chi connectivity index (χ1v) is 11.3. The molecule has 4 aliphatic rings. The second kappa shape index (κ2) is 11.5. The molecule has 0 spiro atoms. The highest BCUT2D eigenvalue weighted by molar-refractivity contribution is 5.05. The van der Waals surface area contributed by atoms with Gasteiger partial charge < -0.3 is 0 Å². The lowest BCUT2D eigenvalue weighted by Crippen LogP contribution is -2.16. The van der Waals surface area contributed by atoms with Crippen LogP contribution in [0.2, 0.25) is 0 Å². The van der Waals surface area contributed by atoms with Gasteiger partial charge in [-0.2, -0.15) is 0 Å². The molecule has 148 valence electrons. The molecule has 0 nitrogen and oxygen atoms in total. The van der Waals surface area contributed by atoms with Gasteiger partial charge in [-0.25, -0.2) is 0 Å². The molecular formula is C25H48. The van der Waals surface area contributed by atoms with Gasteiger partial charge in [-0.3, -0.25) is 0 Å². The van der Waals surface area contributed by atoms with Crippen LogP contribution >= 0.6 is 0 Å². The average Bonchev–Trinajstić information content (AvgIpc) is 2.85. The SMILES string of the molecule is CC1=CCC(C)C1.CC1CC(C)C1.CC1CC1C.CC1CCC(C)C1. The van der Waals surface area contributed by atoms with Gasteiger partial charge in [0.05, 0.1) is 0 Å². The van der Waals surface area contributed by atoms with Gasteiger partial charge in [0.2, 0.25) is 0 Å². The summed E-state index contributed by atoms with van der Waals surface area (Å²) in [5.74, 6) is 7.16. The summed E-state index contributed by atoms with van der Waals surface area (Å²) >= 11 is 0. The van der Waals surface area contributed by atoms with Crippen LogP contribution in [0.1, 0.15) is 107 Å². The van der Waals surface area contributed by atoms with Crippen molar-refractivity contribution in [2.75, 3.05) is 0 Å². The minimum atomic E-state index is 0.931. The lowest BCUT2D eigenvalue weighted by Gasteiger charge is -2.28. The van der Waals surface area contributed by atoms with E-state index in [2.05, 4.69) is 61.5 Å². The fourth-order valence-electron chi connectivity index (χ4n) is 4.42. The lowest BCUT2D eigenvalue weighted by atomic mass is 9.78. The van der Waals surface area contributed by atoms with Gasteiger partial charge in [-0.15, -0.1) is 0 Å². The third kappa shape index (κ3) is 11.1. The van der Waals surface area contributed by atoms with Gasteiger partial charge in [-0.1, -0.05) is 73.0 Å². The molecule has 0 radical (unpaired) electrons. The fourth-order valence-corrected chi connectivity index (χ4v) is 4.42. The number of allylic oxidation sites excluding steroid dienone is 2. The van der Waals surface area contributed by atoms with E-state index in [0.29, 0.717) is 0 Å². The average molecular weight is 349 g/mol. The van der Waals surface area contributed by atoms with E-state index in [1.165, 1.54) is 51.4 Å². The van der Waals surface area contributed by atoms with Gasteiger partial charge >= 0.3 is 0 Å². The summed E-state index contributed by atoms with van der Waals surface area (Å²) in [6, 6.07) is 0. The molecule has 0 amide bonds. The number of rotatable bonds is 0. The van der Waals surface area contributed by atoms with Crippen molar-refractivity contribution in [2.45, 2.75) is 107 Å². The van der Waals surface area contributed by atoms with Gasteiger partial charge in [0.1, 0.15) is 0 Å². The Balaban J connectivity index is 0.000000168. The molecule has 5 unspecified atom stereocenters. The Morgan fingerprint density at radius 3 is 1.08 bits per heavy atom. The van der Waals surface area contributed by atoms with Gasteiger partial charge in [-0.05, 0) is 86.9 Å². The highest BCUT2D eigenvalue weighted by Gasteiger charge is 2.26. The van der Waals surface area contributed by atoms with E-state index in [4.69, 9.17) is 0 Å². The van der Waals surface area contributed by atoms with Crippen LogP contribution in [0, 0.1) is 41.4 Å². The minimum Gasteiger partial charge on any atom is -0.0853 e. The second-order valence-corrected chi connectivity index (χ2v) is 10.5. The molecular weight excluding hydrogens is 300 g/mol. The molecule has 0 heteroatoms. The maximum atomic E-state index is 2.35. The molecule has 4 aliphatic carbocycles. The first-order valence-electron chi connectivity index (χ1n) is 11.3. The Labute approximate surface area is 160 Å². The zero-order chi connectivity index (χ0) is 19.0. The van der Waals surface area contributed by atoms with Crippen LogP contribution in [0.5, 0.6) is 0 Å². The molecule has 5 atom stereocenters. The molecule has 0 aromatic carbocycles. The predicted molar refractivity (Wildman–Crippen MR) is 115 cm³/mol. The monoisotopic (exact) mass is 348 g/mol. The summed E-state index contributed by atoms with van der Waals surface area (Å²) in [6.45, 7) is 18.4. The van der Waals surface area contributed by atoms with Crippen LogP contribution < -0.4 is 0 Å². The third-order valence-electron chi connectivity index (χ3n) is 6.62. The van der Waals surface area contributed by atoms with Gasteiger partial charge in [0.25, 0.3) is 0 Å². The Morgan fingerprint density at radius 2 is 1.00 bits per heavy atom. The minimum absolute atomic E-state index is 0.931. The van der Waals surface area contributed by atoms with E-state index in [9.17, 15) is 0 Å². The quantitative estimate of drug-likeness (QED) is 0.385. The summed E-state index contributed by atoms with van der Waals surface area (Å²) < 4.78 is 0. The van der Waals surface area contributed by atoms with E-state index in [1.54, 1.807) is 5.57 Å². The highest BCUT2D eigenvalue weighted by atomic mass is 14.3. The molecule has 0 heterocycles. The molecule has 0 aromatic rings. The van der Waals surface area contributed by atoms with E-state index in [0.717, 1.165) is 41.4 Å². The zero-order valence-corrected chi connectivity index (χ0v) is 18.8. The maximum Gasteiger partial charge on any atom is -0.0294 e. The van der Waals surface area contributed by atoms with Crippen LogP contribution in [-0.4, -0.2) is 0 Å². The van der Waals surface area contributed by atoms with E-state index < -0.39 is 0 Å². The van der Waals surface area contributed by atoms with Crippen LogP contribution in [0.15, 0.2) is 11.6 Å². The summed E-state index contributed by atoms with van der Waals surface area (Å²) in [7, 11) is 0. The molecule has 0 N–H and O–H groups in total. The highest BCUT2D eigenvalue weighted by Crippen LogP contribution is 2.36. The van der Waals surface area contributed by atoms with Gasteiger partial charge in [0.15, 0.2) is 0 Å². The Bertz CT molecular complexity index is 353. The Hall–Kier alpha value is -0.260. The molecule has 0 saturated heterocycles. The molecule has 3 fully saturated rings. The van der Waals surface area contributed by atoms with Crippen molar-refractivity contribution in [3.8, 4) is 0 Å². The lowest BCUT2D eigenvalue weighted by molar-refractivity contribution is 0.233. The molecule has 3 saturated carbocycles. The fraction of sp³-hybridized carbons (Fsp3) is 0.920. The summed E-state index contributed by atoms with van der Waals surface area (Å²) in [5.41, 5.74) is 1.58. The topological polar surface area (TPSA) is 0 Å². The van der Waals surface area contributed by atoms with Crippen molar-refractivity contribution < 1.29 is 0 Å². The standard InChI is InChI=1S/C7H14.C7H12.C6H12.C5H10/c2*1-6-3-4-7(2)5-6;1-5-3-6(2)4-5;1-4-3-5(4)2/h6-7H,3-5H2,1-2H3;3,7H,4-5H2,1-2H3;5-6H,3-4H2,1-2H3;4-5H,3H2,1-2H3. The zero-order valence-electron chi connectivity index (χ0n) is 18.8. The van der Waals surface area contributed by atoms with Crippen molar-refractivity contribution in [2.24, 2.45) is 41.4 Å². The molecule has 25 heavy (non-hydrogen) atoms. The molecule has 0 aliphatic heterocycles. The molecule has 0 bridgehead atoms. The van der Waals surface area contributed by atoms with Crippen molar-refractivity contribution in [3.63, 3.8) is 0 Å². The Morgan fingerprint density at radius 1 is 0.600 bits per heavy atom. The largest absolute Gasteiger partial charge is 0.0853 e. The summed E-state index contributed by atoms with van der Waals surface area (Å²) in [6.07, 6.45) is 13.8. The van der Waals surface area contributed by atoms with Crippen molar-refractivity contribution in [1.29, 1.82) is 0 Å². The smallest absolute Gasteiger partial charge is 0.0294 e. The third-order valence-corrected chi connectivity index (χ3v) is 6.62. The van der Waals surface area contributed by atoms with Crippen LogP contribution in [0.3, 0.4) is 0 Å². The van der Waals surface area contributed by atoms with E-state index in [1.807, 2.05) is 0 Å². The Kier molecular flexibility index (Phi) is 10.4.